The van der Waals surface area contributed by atoms with Crippen molar-refractivity contribution in [1.82, 2.24) is 0 Å². The van der Waals surface area contributed by atoms with Crippen LogP contribution in [0.15, 0.2) is 23.4 Å². The molecule has 0 fully saturated rings. The Morgan fingerprint density at radius 2 is 1.97 bits per heavy atom. The van der Waals surface area contributed by atoms with Crippen LogP contribution in [0.5, 0.6) is 5.75 Å². The Morgan fingerprint density at radius 1 is 1.31 bits per heavy atom. The van der Waals surface area contributed by atoms with Gasteiger partial charge in [-0.2, -0.15) is 21.6 Å². The lowest BCUT2D eigenvalue weighted by Crippen LogP contribution is -2.26. The maximum atomic E-state index is 13.5. The second-order valence-electron chi connectivity index (χ2n) is 6.09. The Kier molecular flexibility index (Phi) is 8.89. The van der Waals surface area contributed by atoms with E-state index in [0.717, 1.165) is 25.3 Å². The maximum absolute atomic E-state index is 13.5. The predicted octanol–water partition coefficient (Wildman–Crippen LogP) is 2.61. The number of hydrogen-bond donors (Lipinski definition) is 1. The molecule has 29 heavy (non-hydrogen) atoms. The van der Waals surface area contributed by atoms with Crippen molar-refractivity contribution in [2.45, 2.75) is 38.9 Å². The highest BCUT2D eigenvalue weighted by molar-refractivity contribution is 7.86. The van der Waals surface area contributed by atoms with Crippen LogP contribution in [-0.4, -0.2) is 51.8 Å². The van der Waals surface area contributed by atoms with Gasteiger partial charge in [-0.3, -0.25) is 4.28 Å². The zero-order chi connectivity index (χ0) is 22.2. The van der Waals surface area contributed by atoms with Crippen molar-refractivity contribution in [3.8, 4) is 5.75 Å². The van der Waals surface area contributed by atoms with Gasteiger partial charge in [0.15, 0.2) is 5.71 Å². The molecule has 0 saturated carbocycles. The summed E-state index contributed by atoms with van der Waals surface area (Å²) in [6.45, 7) is 3.16. The number of esters is 1. The van der Waals surface area contributed by atoms with Gasteiger partial charge in [-0.05, 0) is 38.0 Å². The van der Waals surface area contributed by atoms with Crippen LogP contribution in [0.1, 0.15) is 42.6 Å². The van der Waals surface area contributed by atoms with Crippen LogP contribution in [0.3, 0.4) is 0 Å². The van der Waals surface area contributed by atoms with Crippen LogP contribution in [0.4, 0.5) is 13.2 Å². The summed E-state index contributed by atoms with van der Waals surface area (Å²) in [5, 5.41) is 2.84. The molecule has 1 atom stereocenters. The first kappa shape index (κ1) is 24.7. The fourth-order valence-corrected chi connectivity index (χ4v) is 2.83. The first-order chi connectivity index (χ1) is 13.4. The number of nitrogens with zero attached hydrogens (tertiary/aromatic N) is 1. The molecular weight excluding hydrogens is 417 g/mol. The number of halogens is 3. The minimum atomic E-state index is -5.06. The Bertz CT molecular complexity index is 838. The fourth-order valence-electron chi connectivity index (χ4n) is 2.07. The molecular formula is C17H23F3N2O6S. The third kappa shape index (κ3) is 7.89. The molecule has 12 heteroatoms. The fraction of sp³-hybridized carbons (Fsp3) is 0.529. The number of oxime groups is 1. The molecule has 0 aliphatic rings. The van der Waals surface area contributed by atoms with E-state index in [1.54, 1.807) is 6.92 Å². The number of carbonyl (C=O) groups excluding carboxylic acids is 1. The molecule has 0 amide bonds. The maximum Gasteiger partial charge on any atom is 0.437 e. The van der Waals surface area contributed by atoms with E-state index in [-0.39, 0.29) is 30.4 Å². The predicted molar refractivity (Wildman–Crippen MR) is 99.3 cm³/mol. The Balaban J connectivity index is 3.43. The summed E-state index contributed by atoms with van der Waals surface area (Å²) in [5.41, 5.74) is 3.32. The molecule has 0 saturated heterocycles. The molecule has 0 bridgehead atoms. The summed E-state index contributed by atoms with van der Waals surface area (Å²) in [5.74, 6) is -1.64. The van der Waals surface area contributed by atoms with Crippen molar-refractivity contribution in [2.24, 2.45) is 10.9 Å². The largest absolute Gasteiger partial charge is 0.493 e. The molecule has 0 aliphatic carbocycles. The van der Waals surface area contributed by atoms with Gasteiger partial charge in [-0.1, -0.05) is 12.1 Å². The van der Waals surface area contributed by atoms with Crippen LogP contribution in [0.2, 0.25) is 0 Å². The molecule has 0 aliphatic heterocycles. The summed E-state index contributed by atoms with van der Waals surface area (Å²) >= 11 is 0. The molecule has 1 aromatic carbocycles. The summed E-state index contributed by atoms with van der Waals surface area (Å²) < 4.78 is 78.0. The van der Waals surface area contributed by atoms with E-state index in [4.69, 9.17) is 10.5 Å². The van der Waals surface area contributed by atoms with Crippen molar-refractivity contribution in [1.29, 1.82) is 0 Å². The molecule has 164 valence electrons. The van der Waals surface area contributed by atoms with Gasteiger partial charge < -0.3 is 15.2 Å². The third-order valence-electron chi connectivity index (χ3n) is 3.45. The number of rotatable bonds is 10. The number of alkyl halides is 3. The molecule has 8 nitrogen and oxygen atoms in total. The number of carbonyl (C=O) groups is 1. The quantitative estimate of drug-likeness (QED) is 0.338. The topological polar surface area (TPSA) is 117 Å². The van der Waals surface area contributed by atoms with Gasteiger partial charge in [-0.25, -0.2) is 4.79 Å². The first-order valence-corrected chi connectivity index (χ1v) is 10.2. The second-order valence-corrected chi connectivity index (χ2v) is 7.76. The summed E-state index contributed by atoms with van der Waals surface area (Å²) in [6, 6.07) is 2.77. The third-order valence-corrected chi connectivity index (χ3v) is 4.66. The number of methoxy groups -OCH3 is 1. The Hall–Kier alpha value is -2.34. The summed E-state index contributed by atoms with van der Waals surface area (Å²) in [6.07, 6.45) is -4.60. The highest BCUT2D eigenvalue weighted by atomic mass is 32.2. The molecule has 0 heterocycles. The zero-order valence-corrected chi connectivity index (χ0v) is 17.0. The molecule has 1 aromatic rings. The van der Waals surface area contributed by atoms with Crippen molar-refractivity contribution in [2.75, 3.05) is 19.5 Å². The smallest absolute Gasteiger partial charge is 0.437 e. The molecule has 2 N–H and O–H groups in total. The Morgan fingerprint density at radius 3 is 2.48 bits per heavy atom. The second kappa shape index (κ2) is 10.4. The van der Waals surface area contributed by atoms with Crippen LogP contribution in [0, 0.1) is 0 Å². The minimum absolute atomic E-state index is 0.0462. The number of nitrogens with two attached hydrogens (primary N) is 1. The van der Waals surface area contributed by atoms with Crippen LogP contribution >= 0.6 is 0 Å². The van der Waals surface area contributed by atoms with Gasteiger partial charge in [0.2, 0.25) is 0 Å². The van der Waals surface area contributed by atoms with E-state index in [9.17, 15) is 26.4 Å². The first-order valence-electron chi connectivity index (χ1n) is 8.59. The van der Waals surface area contributed by atoms with Gasteiger partial charge in [0.05, 0.1) is 30.6 Å². The molecule has 0 radical (unpaired) electrons. The molecule has 1 unspecified atom stereocenters. The van der Waals surface area contributed by atoms with E-state index in [0.29, 0.717) is 6.42 Å². The van der Waals surface area contributed by atoms with E-state index in [1.165, 1.54) is 6.92 Å². The van der Waals surface area contributed by atoms with Crippen LogP contribution in [-0.2, 0) is 19.1 Å². The van der Waals surface area contributed by atoms with Crippen molar-refractivity contribution < 1.29 is 40.1 Å². The monoisotopic (exact) mass is 440 g/mol. The van der Waals surface area contributed by atoms with Crippen molar-refractivity contribution >= 4 is 21.8 Å². The van der Waals surface area contributed by atoms with E-state index in [1.807, 2.05) is 0 Å². The van der Waals surface area contributed by atoms with Crippen LogP contribution in [0.25, 0.3) is 0 Å². The number of hydrogen-bond acceptors (Lipinski definition) is 8. The number of ether oxygens (including phenoxy) is 2. The van der Waals surface area contributed by atoms with Crippen molar-refractivity contribution in [3.63, 3.8) is 0 Å². The molecule has 0 spiro atoms. The highest BCUT2D eigenvalue weighted by Crippen LogP contribution is 2.30. The standard InChI is InChI=1S/C17H23F3N2O6S/c1-4-9-29(24,25)28-22-15(17(18,19)20)13-6-5-12(16(23)26-3)10-14(13)27-8-7-11(2)21/h5-6,10-11H,4,7-9,21H2,1-3H3. The molecule has 0 aromatic heterocycles. The molecule has 1 rings (SSSR count). The average Bonchev–Trinajstić information content (AvgIpc) is 2.60. The van der Waals surface area contributed by atoms with Gasteiger partial charge in [0.25, 0.3) is 0 Å². The SMILES string of the molecule is CCCS(=O)(=O)ON=C(c1ccc(C(=O)OC)cc1OCCC(C)N)C(F)(F)F. The van der Waals surface area contributed by atoms with Crippen molar-refractivity contribution in [3.05, 3.63) is 29.3 Å². The lowest BCUT2D eigenvalue weighted by Gasteiger charge is -2.16. The zero-order valence-electron chi connectivity index (χ0n) is 16.2. The normalized spacial score (nSPS) is 13.7. The van der Waals surface area contributed by atoms with Gasteiger partial charge in [-0.15, -0.1) is 0 Å². The Labute approximate surface area is 166 Å². The van der Waals surface area contributed by atoms with E-state index >= 15 is 0 Å². The number of benzene rings is 1. The van der Waals surface area contributed by atoms with Gasteiger partial charge in [0.1, 0.15) is 5.75 Å². The lowest BCUT2D eigenvalue weighted by molar-refractivity contribution is -0.0598. The lowest BCUT2D eigenvalue weighted by atomic mass is 10.1. The highest BCUT2D eigenvalue weighted by Gasteiger charge is 2.40. The summed E-state index contributed by atoms with van der Waals surface area (Å²) in [7, 11) is -3.17. The van der Waals surface area contributed by atoms with Crippen LogP contribution < -0.4 is 10.5 Å². The van der Waals surface area contributed by atoms with E-state index < -0.39 is 39.3 Å². The van der Waals surface area contributed by atoms with Gasteiger partial charge in [0, 0.05) is 6.04 Å². The van der Waals surface area contributed by atoms with Gasteiger partial charge >= 0.3 is 22.3 Å². The average molecular weight is 440 g/mol. The van der Waals surface area contributed by atoms with E-state index in [2.05, 4.69) is 14.2 Å². The summed E-state index contributed by atoms with van der Waals surface area (Å²) in [4.78, 5) is 11.7. The minimum Gasteiger partial charge on any atom is -0.493 e.